The molecule has 1 aromatic heterocycles. The number of amides is 2. The topological polar surface area (TPSA) is 119 Å². The fourth-order valence-electron chi connectivity index (χ4n) is 3.82. The van der Waals surface area contributed by atoms with Crippen LogP contribution in [0.15, 0.2) is 48.7 Å². The Balaban J connectivity index is 1.39. The van der Waals surface area contributed by atoms with Crippen LogP contribution in [0, 0.1) is 12.8 Å². The van der Waals surface area contributed by atoms with E-state index in [-0.39, 0.29) is 35.0 Å². The van der Waals surface area contributed by atoms with Gasteiger partial charge in [-0.1, -0.05) is 18.2 Å². The predicted octanol–water partition coefficient (Wildman–Crippen LogP) is 3.03. The van der Waals surface area contributed by atoms with Gasteiger partial charge in [0.05, 0.1) is 17.4 Å². The largest absolute Gasteiger partial charge is 0.383 e. The van der Waals surface area contributed by atoms with Gasteiger partial charge in [-0.05, 0) is 68.4 Å². The highest BCUT2D eigenvalue weighted by Gasteiger charge is 2.25. The summed E-state index contributed by atoms with van der Waals surface area (Å²) in [4.78, 5) is 38.2. The molecule has 2 fully saturated rings. The highest BCUT2D eigenvalue weighted by atomic mass is 16.2. The fourth-order valence-corrected chi connectivity index (χ4v) is 3.82. The first-order chi connectivity index (χ1) is 16.4. The lowest BCUT2D eigenvalue weighted by molar-refractivity contribution is 0.0943. The average Bonchev–Trinajstić information content (AvgIpc) is 3.77. The van der Waals surface area contributed by atoms with E-state index in [1.807, 2.05) is 13.0 Å². The van der Waals surface area contributed by atoms with Crippen LogP contribution in [0.25, 0.3) is 5.69 Å². The van der Waals surface area contributed by atoms with Crippen LogP contribution < -0.4 is 16.4 Å². The Morgan fingerprint density at radius 1 is 1.00 bits per heavy atom. The van der Waals surface area contributed by atoms with E-state index in [1.54, 1.807) is 36.4 Å². The Labute approximate surface area is 197 Å². The number of carbonyl (C=O) groups is 3. The first kappa shape index (κ1) is 21.9. The molecule has 2 aliphatic rings. The van der Waals surface area contributed by atoms with E-state index in [0.29, 0.717) is 34.8 Å². The number of hydrogen-bond acceptors (Lipinski definition) is 5. The number of aryl methyl sites for hydroxylation is 1. The summed E-state index contributed by atoms with van der Waals surface area (Å²) in [5, 5.41) is 10.2. The molecule has 174 valence electrons. The molecule has 3 aromatic rings. The Morgan fingerprint density at radius 3 is 2.47 bits per heavy atom. The standard InChI is InChI=1S/C26H27N5O3/c1-15-5-8-19(26(34)30-20-9-10-20)12-22(15)31-24(27)21(14-29-31)23(32)17-3-2-4-18(11-17)25(33)28-13-16-6-7-16/h2-5,8,11-12,14,16,20H,6-7,9-10,13,27H2,1H3,(H,28,33)(H,30,34). The zero-order valence-electron chi connectivity index (χ0n) is 19.0. The Hall–Kier alpha value is -3.94. The van der Waals surface area contributed by atoms with Crippen molar-refractivity contribution in [1.29, 1.82) is 0 Å². The van der Waals surface area contributed by atoms with E-state index < -0.39 is 0 Å². The first-order valence-corrected chi connectivity index (χ1v) is 11.6. The lowest BCUT2D eigenvalue weighted by atomic mass is 10.0. The second kappa shape index (κ2) is 8.78. The molecule has 1 heterocycles. The van der Waals surface area contributed by atoms with Crippen LogP contribution in [-0.2, 0) is 0 Å². The van der Waals surface area contributed by atoms with Crippen molar-refractivity contribution in [3.8, 4) is 5.69 Å². The van der Waals surface area contributed by atoms with E-state index in [1.165, 1.54) is 10.9 Å². The maximum Gasteiger partial charge on any atom is 0.251 e. The highest BCUT2D eigenvalue weighted by Crippen LogP contribution is 2.28. The zero-order chi connectivity index (χ0) is 23.8. The van der Waals surface area contributed by atoms with Gasteiger partial charge >= 0.3 is 0 Å². The maximum absolute atomic E-state index is 13.2. The van der Waals surface area contributed by atoms with Crippen LogP contribution in [0.3, 0.4) is 0 Å². The van der Waals surface area contributed by atoms with E-state index in [9.17, 15) is 14.4 Å². The van der Waals surface area contributed by atoms with Gasteiger partial charge in [-0.15, -0.1) is 0 Å². The molecule has 0 atom stereocenters. The molecule has 2 amide bonds. The van der Waals surface area contributed by atoms with E-state index in [2.05, 4.69) is 15.7 Å². The van der Waals surface area contributed by atoms with Crippen LogP contribution >= 0.6 is 0 Å². The molecule has 8 nitrogen and oxygen atoms in total. The van der Waals surface area contributed by atoms with Crippen molar-refractivity contribution in [2.45, 2.75) is 38.6 Å². The molecule has 0 spiro atoms. The summed E-state index contributed by atoms with van der Waals surface area (Å²) in [6, 6.07) is 12.2. The number of carbonyl (C=O) groups excluding carboxylic acids is 3. The molecule has 5 rings (SSSR count). The number of hydrogen-bond donors (Lipinski definition) is 3. The van der Waals surface area contributed by atoms with E-state index in [0.717, 1.165) is 31.2 Å². The van der Waals surface area contributed by atoms with Crippen molar-refractivity contribution >= 4 is 23.4 Å². The molecule has 0 saturated heterocycles. The smallest absolute Gasteiger partial charge is 0.251 e. The van der Waals surface area contributed by atoms with Crippen molar-refractivity contribution in [2.75, 3.05) is 12.3 Å². The summed E-state index contributed by atoms with van der Waals surface area (Å²) in [6.45, 7) is 2.55. The molecule has 2 aromatic carbocycles. The molecule has 0 bridgehead atoms. The molecule has 2 aliphatic carbocycles. The number of ketones is 1. The van der Waals surface area contributed by atoms with Crippen LogP contribution in [-0.4, -0.2) is 40.0 Å². The second-order valence-electron chi connectivity index (χ2n) is 9.17. The van der Waals surface area contributed by atoms with Gasteiger partial charge in [0.15, 0.2) is 5.78 Å². The number of aromatic nitrogens is 2. The molecular weight excluding hydrogens is 430 g/mol. The van der Waals surface area contributed by atoms with E-state index >= 15 is 0 Å². The van der Waals surface area contributed by atoms with Gasteiger partial charge < -0.3 is 16.4 Å². The molecule has 4 N–H and O–H groups in total. The second-order valence-corrected chi connectivity index (χ2v) is 9.17. The molecule has 8 heteroatoms. The Morgan fingerprint density at radius 2 is 1.74 bits per heavy atom. The third-order valence-corrected chi connectivity index (χ3v) is 6.30. The van der Waals surface area contributed by atoms with E-state index in [4.69, 9.17) is 5.73 Å². The summed E-state index contributed by atoms with van der Waals surface area (Å²) >= 11 is 0. The molecule has 0 unspecified atom stereocenters. The summed E-state index contributed by atoms with van der Waals surface area (Å²) in [5.74, 6) is 0.100. The number of anilines is 1. The predicted molar refractivity (Wildman–Crippen MR) is 128 cm³/mol. The van der Waals surface area contributed by atoms with Crippen molar-refractivity contribution in [2.24, 2.45) is 5.92 Å². The maximum atomic E-state index is 13.2. The third-order valence-electron chi connectivity index (χ3n) is 6.30. The zero-order valence-corrected chi connectivity index (χ0v) is 19.0. The monoisotopic (exact) mass is 457 g/mol. The van der Waals surface area contributed by atoms with Gasteiger partial charge in [0, 0.05) is 29.3 Å². The molecule has 0 radical (unpaired) electrons. The normalized spacial score (nSPS) is 15.1. The van der Waals surface area contributed by atoms with Gasteiger partial charge in [0.25, 0.3) is 11.8 Å². The van der Waals surface area contributed by atoms with Crippen LogP contribution in [0.4, 0.5) is 5.82 Å². The number of rotatable bonds is 8. The lowest BCUT2D eigenvalue weighted by Gasteiger charge is -2.11. The number of nitrogens with two attached hydrogens (primary N) is 1. The van der Waals surface area contributed by atoms with Gasteiger partial charge in [0.1, 0.15) is 5.82 Å². The van der Waals surface area contributed by atoms with Crippen LogP contribution in [0.5, 0.6) is 0 Å². The van der Waals surface area contributed by atoms with Gasteiger partial charge in [-0.25, -0.2) is 4.68 Å². The van der Waals surface area contributed by atoms with Gasteiger partial charge in [-0.2, -0.15) is 5.10 Å². The summed E-state index contributed by atoms with van der Waals surface area (Å²) < 4.78 is 1.47. The summed E-state index contributed by atoms with van der Waals surface area (Å²) in [6.07, 6.45) is 5.73. The summed E-state index contributed by atoms with van der Waals surface area (Å²) in [7, 11) is 0. The first-order valence-electron chi connectivity index (χ1n) is 11.6. The average molecular weight is 458 g/mol. The van der Waals surface area contributed by atoms with Gasteiger partial charge in [0.2, 0.25) is 0 Å². The minimum absolute atomic E-state index is 0.137. The molecule has 34 heavy (non-hydrogen) atoms. The fraction of sp³-hybridized carbons (Fsp3) is 0.308. The quantitative estimate of drug-likeness (QED) is 0.449. The van der Waals surface area contributed by atoms with Crippen LogP contribution in [0.1, 0.15) is 67.9 Å². The van der Waals surface area contributed by atoms with Crippen molar-refractivity contribution in [3.05, 3.63) is 76.5 Å². The number of nitrogens with zero attached hydrogens (tertiary/aromatic N) is 2. The Kier molecular flexibility index (Phi) is 5.65. The van der Waals surface area contributed by atoms with Crippen LogP contribution in [0.2, 0.25) is 0 Å². The lowest BCUT2D eigenvalue weighted by Crippen LogP contribution is -2.25. The number of benzene rings is 2. The highest BCUT2D eigenvalue weighted by molar-refractivity contribution is 6.12. The molecular formula is C26H27N5O3. The minimum atomic E-state index is -0.319. The SMILES string of the molecule is Cc1ccc(C(=O)NC2CC2)cc1-n1ncc(C(=O)c2cccc(C(=O)NCC3CC3)c2)c1N. The molecule has 2 saturated carbocycles. The van der Waals surface area contributed by atoms with Gasteiger partial charge in [-0.3, -0.25) is 14.4 Å². The third kappa shape index (κ3) is 4.57. The number of nitrogen functional groups attached to an aromatic ring is 1. The number of nitrogens with one attached hydrogen (secondary N) is 2. The van der Waals surface area contributed by atoms with Crippen molar-refractivity contribution in [1.82, 2.24) is 20.4 Å². The summed E-state index contributed by atoms with van der Waals surface area (Å²) in [5.41, 5.74) is 9.39. The van der Waals surface area contributed by atoms with Crippen molar-refractivity contribution < 1.29 is 14.4 Å². The molecule has 0 aliphatic heterocycles. The Bertz CT molecular complexity index is 1290. The van der Waals surface area contributed by atoms with Crippen molar-refractivity contribution in [3.63, 3.8) is 0 Å². The minimum Gasteiger partial charge on any atom is -0.383 e.